The molecule has 120 valence electrons. The van der Waals surface area contributed by atoms with E-state index in [-0.39, 0.29) is 0 Å². The first kappa shape index (κ1) is 18.0. The third kappa shape index (κ3) is 8.11. The Kier molecular flexibility index (Phi) is 9.16. The average molecular weight is 291 g/mol. The topological polar surface area (TPSA) is 21.3 Å². The zero-order chi connectivity index (χ0) is 15.5. The van der Waals surface area contributed by atoms with Gasteiger partial charge >= 0.3 is 0 Å². The van der Waals surface area contributed by atoms with Crippen molar-refractivity contribution in [2.24, 2.45) is 5.92 Å². The molecule has 2 heteroatoms. The predicted molar refractivity (Wildman–Crippen MR) is 92.0 cm³/mol. The van der Waals surface area contributed by atoms with Gasteiger partial charge in [0, 0.05) is 6.04 Å². The summed E-state index contributed by atoms with van der Waals surface area (Å²) in [4.78, 5) is 0. The van der Waals surface area contributed by atoms with Gasteiger partial charge in [0.2, 0.25) is 0 Å². The van der Waals surface area contributed by atoms with Gasteiger partial charge in [-0.2, -0.15) is 0 Å². The molecule has 0 fully saturated rings. The molecule has 0 bridgehead atoms. The highest BCUT2D eigenvalue weighted by molar-refractivity contribution is 5.28. The van der Waals surface area contributed by atoms with E-state index in [0.717, 1.165) is 25.3 Å². The first-order valence-electron chi connectivity index (χ1n) is 8.59. The maximum atomic E-state index is 5.76. The van der Waals surface area contributed by atoms with Gasteiger partial charge < -0.3 is 10.1 Å². The maximum absolute atomic E-state index is 5.76. The second kappa shape index (κ2) is 10.7. The molecule has 0 aliphatic rings. The number of hydrogen-bond acceptors (Lipinski definition) is 2. The van der Waals surface area contributed by atoms with Gasteiger partial charge in [-0.05, 0) is 49.9 Å². The molecule has 0 saturated heterocycles. The molecule has 0 spiro atoms. The normalized spacial score (nSPS) is 12.6. The molecule has 0 aliphatic carbocycles. The second-order valence-electron chi connectivity index (χ2n) is 6.34. The van der Waals surface area contributed by atoms with Gasteiger partial charge in [-0.15, -0.1) is 0 Å². The quantitative estimate of drug-likeness (QED) is 0.555. The summed E-state index contributed by atoms with van der Waals surface area (Å²) in [6.07, 6.45) is 6.36. The van der Waals surface area contributed by atoms with Crippen LogP contribution < -0.4 is 10.1 Å². The molecular weight excluding hydrogens is 258 g/mol. The van der Waals surface area contributed by atoms with Crippen LogP contribution in [0.3, 0.4) is 0 Å². The number of rotatable bonds is 11. The van der Waals surface area contributed by atoms with Crippen LogP contribution in [-0.2, 0) is 0 Å². The molecule has 0 amide bonds. The van der Waals surface area contributed by atoms with Crippen LogP contribution in [0.1, 0.15) is 71.4 Å². The molecular formula is C19H33NO. The van der Waals surface area contributed by atoms with E-state index < -0.39 is 0 Å². The minimum atomic E-state index is 0.413. The standard InChI is InChI=1S/C19H33NO/c1-5-6-7-8-14-20-17(4)18-9-11-19(12-10-18)21-15-13-16(2)3/h9-12,16-17,20H,5-8,13-15H2,1-4H3. The molecule has 1 aromatic carbocycles. The Balaban J connectivity index is 2.28. The SMILES string of the molecule is CCCCCCNC(C)c1ccc(OCCC(C)C)cc1. The number of ether oxygens (including phenoxy) is 1. The largest absolute Gasteiger partial charge is 0.494 e. The summed E-state index contributed by atoms with van der Waals surface area (Å²) < 4.78 is 5.76. The highest BCUT2D eigenvalue weighted by atomic mass is 16.5. The van der Waals surface area contributed by atoms with Gasteiger partial charge in [0.1, 0.15) is 5.75 Å². The van der Waals surface area contributed by atoms with Gasteiger partial charge in [-0.1, -0.05) is 52.2 Å². The van der Waals surface area contributed by atoms with E-state index in [9.17, 15) is 0 Å². The Morgan fingerprint density at radius 1 is 1.00 bits per heavy atom. The fourth-order valence-electron chi connectivity index (χ4n) is 2.25. The van der Waals surface area contributed by atoms with E-state index in [1.165, 1.54) is 31.2 Å². The molecule has 1 aromatic rings. The molecule has 1 atom stereocenters. The molecule has 0 aromatic heterocycles. The maximum Gasteiger partial charge on any atom is 0.119 e. The molecule has 0 saturated carbocycles. The van der Waals surface area contributed by atoms with Crippen LogP contribution in [0.5, 0.6) is 5.75 Å². The molecule has 0 heterocycles. The van der Waals surface area contributed by atoms with Crippen LogP contribution in [0.15, 0.2) is 24.3 Å². The van der Waals surface area contributed by atoms with Crippen LogP contribution >= 0.6 is 0 Å². The average Bonchev–Trinajstić information content (AvgIpc) is 2.47. The summed E-state index contributed by atoms with van der Waals surface area (Å²) in [6.45, 7) is 10.8. The van der Waals surface area contributed by atoms with Crippen molar-refractivity contribution in [1.82, 2.24) is 5.32 Å². The van der Waals surface area contributed by atoms with Crippen molar-refractivity contribution in [3.8, 4) is 5.75 Å². The van der Waals surface area contributed by atoms with Crippen molar-refractivity contribution in [2.75, 3.05) is 13.2 Å². The van der Waals surface area contributed by atoms with Gasteiger partial charge in [-0.25, -0.2) is 0 Å². The minimum absolute atomic E-state index is 0.413. The van der Waals surface area contributed by atoms with Gasteiger partial charge in [0.15, 0.2) is 0 Å². The minimum Gasteiger partial charge on any atom is -0.494 e. The third-order valence-electron chi connectivity index (χ3n) is 3.82. The Morgan fingerprint density at radius 2 is 1.71 bits per heavy atom. The zero-order valence-corrected chi connectivity index (χ0v) is 14.3. The fraction of sp³-hybridized carbons (Fsp3) is 0.684. The summed E-state index contributed by atoms with van der Waals surface area (Å²) in [6, 6.07) is 8.94. The Bertz CT molecular complexity index is 358. The number of unbranched alkanes of at least 4 members (excludes halogenated alkanes) is 3. The van der Waals surface area contributed by atoms with E-state index in [0.29, 0.717) is 12.0 Å². The van der Waals surface area contributed by atoms with Crippen molar-refractivity contribution in [3.05, 3.63) is 29.8 Å². The van der Waals surface area contributed by atoms with E-state index in [2.05, 4.69) is 57.3 Å². The first-order chi connectivity index (χ1) is 10.1. The summed E-state index contributed by atoms with van der Waals surface area (Å²) in [5.74, 6) is 1.68. The molecule has 2 nitrogen and oxygen atoms in total. The smallest absolute Gasteiger partial charge is 0.119 e. The highest BCUT2D eigenvalue weighted by Crippen LogP contribution is 2.18. The van der Waals surface area contributed by atoms with Gasteiger partial charge in [-0.3, -0.25) is 0 Å². The molecule has 1 N–H and O–H groups in total. The number of benzene rings is 1. The monoisotopic (exact) mass is 291 g/mol. The predicted octanol–water partition coefficient (Wildman–Crippen LogP) is 5.34. The van der Waals surface area contributed by atoms with Crippen molar-refractivity contribution in [2.45, 2.75) is 65.8 Å². The van der Waals surface area contributed by atoms with Crippen molar-refractivity contribution >= 4 is 0 Å². The lowest BCUT2D eigenvalue weighted by Crippen LogP contribution is -2.19. The van der Waals surface area contributed by atoms with E-state index in [1.54, 1.807) is 0 Å². The third-order valence-corrected chi connectivity index (χ3v) is 3.82. The van der Waals surface area contributed by atoms with Gasteiger partial charge in [0.05, 0.1) is 6.61 Å². The van der Waals surface area contributed by atoms with Crippen LogP contribution in [0.2, 0.25) is 0 Å². The Morgan fingerprint density at radius 3 is 2.33 bits per heavy atom. The molecule has 1 rings (SSSR count). The lowest BCUT2D eigenvalue weighted by atomic mass is 10.1. The molecule has 0 radical (unpaired) electrons. The fourth-order valence-corrected chi connectivity index (χ4v) is 2.25. The zero-order valence-electron chi connectivity index (χ0n) is 14.3. The van der Waals surface area contributed by atoms with Gasteiger partial charge in [0.25, 0.3) is 0 Å². The van der Waals surface area contributed by atoms with E-state index >= 15 is 0 Å². The van der Waals surface area contributed by atoms with Crippen molar-refractivity contribution < 1.29 is 4.74 Å². The number of nitrogens with one attached hydrogen (secondary N) is 1. The molecule has 1 unspecified atom stereocenters. The Labute approximate surface area is 131 Å². The van der Waals surface area contributed by atoms with E-state index in [1.807, 2.05) is 0 Å². The summed E-state index contributed by atoms with van der Waals surface area (Å²) >= 11 is 0. The number of hydrogen-bond donors (Lipinski definition) is 1. The summed E-state index contributed by atoms with van der Waals surface area (Å²) in [5, 5.41) is 3.59. The van der Waals surface area contributed by atoms with Crippen LogP contribution in [0, 0.1) is 5.92 Å². The van der Waals surface area contributed by atoms with Crippen molar-refractivity contribution in [3.63, 3.8) is 0 Å². The van der Waals surface area contributed by atoms with Crippen LogP contribution in [0.25, 0.3) is 0 Å². The Hall–Kier alpha value is -1.02. The summed E-state index contributed by atoms with van der Waals surface area (Å²) in [5.41, 5.74) is 1.33. The summed E-state index contributed by atoms with van der Waals surface area (Å²) in [7, 11) is 0. The first-order valence-corrected chi connectivity index (χ1v) is 8.59. The molecule has 21 heavy (non-hydrogen) atoms. The van der Waals surface area contributed by atoms with Crippen LogP contribution in [0.4, 0.5) is 0 Å². The highest BCUT2D eigenvalue weighted by Gasteiger charge is 2.04. The lowest BCUT2D eigenvalue weighted by molar-refractivity contribution is 0.289. The van der Waals surface area contributed by atoms with Crippen LogP contribution in [-0.4, -0.2) is 13.2 Å². The molecule has 0 aliphatic heterocycles. The lowest BCUT2D eigenvalue weighted by Gasteiger charge is -2.15. The van der Waals surface area contributed by atoms with E-state index in [4.69, 9.17) is 4.74 Å². The second-order valence-corrected chi connectivity index (χ2v) is 6.34. The van der Waals surface area contributed by atoms with Crippen molar-refractivity contribution in [1.29, 1.82) is 0 Å².